The maximum Gasteiger partial charge on any atom is 0.255 e. The van der Waals surface area contributed by atoms with Gasteiger partial charge >= 0.3 is 0 Å². The Labute approximate surface area is 110 Å². The molecule has 3 rings (SSSR count). The smallest absolute Gasteiger partial charge is 0.255 e. The van der Waals surface area contributed by atoms with Crippen molar-refractivity contribution < 1.29 is 4.79 Å². The van der Waals surface area contributed by atoms with Crippen LogP contribution >= 0.6 is 23.2 Å². The van der Waals surface area contributed by atoms with Crippen LogP contribution in [0, 0.1) is 5.92 Å². The van der Waals surface area contributed by atoms with Crippen molar-refractivity contribution in [3.63, 3.8) is 0 Å². The van der Waals surface area contributed by atoms with Crippen LogP contribution in [0.1, 0.15) is 29.6 Å². The Balaban J connectivity index is 1.84. The van der Waals surface area contributed by atoms with Crippen molar-refractivity contribution in [1.82, 2.24) is 9.88 Å². The molecule has 0 radical (unpaired) electrons. The van der Waals surface area contributed by atoms with E-state index in [9.17, 15) is 4.79 Å². The van der Waals surface area contributed by atoms with E-state index in [-0.39, 0.29) is 11.1 Å². The van der Waals surface area contributed by atoms with Crippen LogP contribution in [0.4, 0.5) is 0 Å². The van der Waals surface area contributed by atoms with Gasteiger partial charge in [0.25, 0.3) is 5.91 Å². The molecule has 1 saturated heterocycles. The summed E-state index contributed by atoms with van der Waals surface area (Å²) in [6, 6.07) is 2.02. The number of rotatable bonds is 1. The van der Waals surface area contributed by atoms with Crippen molar-refractivity contribution in [2.45, 2.75) is 25.3 Å². The molecule has 1 saturated carbocycles. The summed E-state index contributed by atoms with van der Waals surface area (Å²) in [5.41, 5.74) is 0.534. The van der Waals surface area contributed by atoms with Gasteiger partial charge in [-0.3, -0.25) is 4.79 Å². The van der Waals surface area contributed by atoms with Crippen molar-refractivity contribution in [3.05, 3.63) is 28.0 Å². The van der Waals surface area contributed by atoms with Crippen LogP contribution in [0.25, 0.3) is 0 Å². The molecule has 17 heavy (non-hydrogen) atoms. The molecular weight excluding hydrogens is 259 g/mol. The number of carbonyl (C=O) groups is 1. The van der Waals surface area contributed by atoms with E-state index in [0.29, 0.717) is 22.5 Å². The van der Waals surface area contributed by atoms with Gasteiger partial charge in [0.1, 0.15) is 5.15 Å². The third kappa shape index (κ3) is 1.91. The van der Waals surface area contributed by atoms with E-state index < -0.39 is 0 Å². The maximum absolute atomic E-state index is 12.3. The molecule has 0 N–H and O–H groups in total. The first-order chi connectivity index (χ1) is 8.15. The molecule has 1 aliphatic carbocycles. The van der Waals surface area contributed by atoms with Crippen molar-refractivity contribution in [1.29, 1.82) is 0 Å². The molecule has 1 aromatic heterocycles. The number of nitrogens with zero attached hydrogens (tertiary/aromatic N) is 2. The lowest BCUT2D eigenvalue weighted by molar-refractivity contribution is 0.0703. The Kier molecular flexibility index (Phi) is 2.75. The fourth-order valence-corrected chi connectivity index (χ4v) is 3.15. The highest BCUT2D eigenvalue weighted by Crippen LogP contribution is 2.38. The number of amides is 1. The van der Waals surface area contributed by atoms with Gasteiger partial charge in [-0.2, -0.15) is 0 Å². The number of piperidine rings is 1. The zero-order valence-electron chi connectivity index (χ0n) is 9.20. The molecule has 1 aliphatic heterocycles. The van der Waals surface area contributed by atoms with Gasteiger partial charge in [0.2, 0.25) is 0 Å². The Morgan fingerprint density at radius 2 is 2.24 bits per heavy atom. The molecule has 2 atom stereocenters. The highest BCUT2D eigenvalue weighted by Gasteiger charge is 2.40. The molecule has 3 nitrogen and oxygen atoms in total. The number of fused-ring (bicyclic) bond motifs is 2. The predicted molar refractivity (Wildman–Crippen MR) is 66.4 cm³/mol. The minimum Gasteiger partial charge on any atom is -0.335 e. The second-order valence-electron chi connectivity index (χ2n) is 4.79. The zero-order valence-corrected chi connectivity index (χ0v) is 10.7. The first kappa shape index (κ1) is 11.3. The van der Waals surface area contributed by atoms with Gasteiger partial charge in [-0.05, 0) is 31.2 Å². The van der Waals surface area contributed by atoms with Crippen LogP contribution in [-0.4, -0.2) is 28.4 Å². The molecule has 2 heterocycles. The molecule has 2 bridgehead atoms. The zero-order chi connectivity index (χ0) is 12.0. The van der Waals surface area contributed by atoms with Crippen LogP contribution in [0.5, 0.6) is 0 Å². The van der Waals surface area contributed by atoms with Crippen molar-refractivity contribution in [3.8, 4) is 0 Å². The third-order valence-corrected chi connectivity index (χ3v) is 4.40. The first-order valence-electron chi connectivity index (χ1n) is 5.77. The number of hydrogen-bond donors (Lipinski definition) is 0. The van der Waals surface area contributed by atoms with Gasteiger partial charge < -0.3 is 4.90 Å². The van der Waals surface area contributed by atoms with Gasteiger partial charge in [-0.15, -0.1) is 0 Å². The van der Waals surface area contributed by atoms with Crippen LogP contribution < -0.4 is 0 Å². The summed E-state index contributed by atoms with van der Waals surface area (Å²) in [5, 5.41) is 0.577. The van der Waals surface area contributed by atoms with E-state index >= 15 is 0 Å². The summed E-state index contributed by atoms with van der Waals surface area (Å²) in [7, 11) is 0. The predicted octanol–water partition coefficient (Wildman–Crippen LogP) is 3.01. The first-order valence-corrected chi connectivity index (χ1v) is 6.53. The van der Waals surface area contributed by atoms with Crippen LogP contribution in [-0.2, 0) is 0 Å². The Morgan fingerprint density at radius 3 is 2.82 bits per heavy atom. The summed E-state index contributed by atoms with van der Waals surface area (Å²) in [5.74, 6) is 0.725. The number of pyridine rings is 1. The number of likely N-dealkylation sites (tertiary alicyclic amines) is 1. The lowest BCUT2D eigenvalue weighted by Gasteiger charge is -2.26. The lowest BCUT2D eigenvalue weighted by atomic mass is 10.1. The highest BCUT2D eigenvalue weighted by molar-refractivity contribution is 6.41. The van der Waals surface area contributed by atoms with E-state index in [4.69, 9.17) is 23.2 Å². The molecular formula is C12H12Cl2N2O. The van der Waals surface area contributed by atoms with Crippen molar-refractivity contribution >= 4 is 29.1 Å². The SMILES string of the molecule is O=C(c1cnc(Cl)c(Cl)c1)N1CC2CCC1C2. The minimum absolute atomic E-state index is 0.0308. The molecule has 0 spiro atoms. The van der Waals surface area contributed by atoms with Crippen LogP contribution in [0.3, 0.4) is 0 Å². The fourth-order valence-electron chi connectivity index (χ4n) is 2.88. The highest BCUT2D eigenvalue weighted by atomic mass is 35.5. The van der Waals surface area contributed by atoms with Crippen LogP contribution in [0.2, 0.25) is 10.2 Å². The van der Waals surface area contributed by atoms with E-state index in [0.717, 1.165) is 19.4 Å². The molecule has 90 valence electrons. The van der Waals surface area contributed by atoms with Crippen molar-refractivity contribution in [2.75, 3.05) is 6.54 Å². The Morgan fingerprint density at radius 1 is 1.41 bits per heavy atom. The second kappa shape index (κ2) is 4.14. The monoisotopic (exact) mass is 270 g/mol. The van der Waals surface area contributed by atoms with Gasteiger partial charge in [0.15, 0.2) is 0 Å². The van der Waals surface area contributed by atoms with E-state index in [1.165, 1.54) is 12.6 Å². The number of hydrogen-bond acceptors (Lipinski definition) is 2. The second-order valence-corrected chi connectivity index (χ2v) is 5.55. The normalized spacial score (nSPS) is 26.6. The molecule has 1 amide bonds. The molecule has 2 unspecified atom stereocenters. The summed E-state index contributed by atoms with van der Waals surface area (Å²) < 4.78 is 0. The summed E-state index contributed by atoms with van der Waals surface area (Å²) in [4.78, 5) is 18.2. The van der Waals surface area contributed by atoms with Gasteiger partial charge in [-0.1, -0.05) is 23.2 Å². The Bertz CT molecular complexity index is 478. The number of aromatic nitrogens is 1. The van der Waals surface area contributed by atoms with Crippen LogP contribution in [0.15, 0.2) is 12.3 Å². The lowest BCUT2D eigenvalue weighted by Crippen LogP contribution is -2.37. The molecule has 0 aromatic carbocycles. The maximum atomic E-state index is 12.3. The molecule has 1 aromatic rings. The average molecular weight is 271 g/mol. The van der Waals surface area contributed by atoms with Crippen molar-refractivity contribution in [2.24, 2.45) is 5.92 Å². The van der Waals surface area contributed by atoms with E-state index in [1.807, 2.05) is 4.90 Å². The molecule has 2 aliphatic rings. The number of halogens is 2. The van der Waals surface area contributed by atoms with Gasteiger partial charge in [0, 0.05) is 18.8 Å². The standard InChI is InChI=1S/C12H12Cl2N2O/c13-10-4-8(5-15-11(10)14)12(17)16-6-7-1-2-9(16)3-7/h4-5,7,9H,1-3,6H2. The van der Waals surface area contributed by atoms with E-state index in [2.05, 4.69) is 4.98 Å². The largest absolute Gasteiger partial charge is 0.335 e. The summed E-state index contributed by atoms with van der Waals surface area (Å²) in [6.45, 7) is 0.879. The minimum atomic E-state index is 0.0308. The quantitative estimate of drug-likeness (QED) is 0.735. The van der Waals surface area contributed by atoms with Gasteiger partial charge in [0.05, 0.1) is 10.6 Å². The topological polar surface area (TPSA) is 33.2 Å². The average Bonchev–Trinajstić information content (AvgIpc) is 2.93. The fraction of sp³-hybridized carbons (Fsp3) is 0.500. The van der Waals surface area contributed by atoms with Gasteiger partial charge in [-0.25, -0.2) is 4.98 Å². The molecule has 5 heteroatoms. The summed E-state index contributed by atoms with van der Waals surface area (Å²) in [6.07, 6.45) is 5.04. The molecule has 2 fully saturated rings. The Hall–Kier alpha value is -0.800. The van der Waals surface area contributed by atoms with E-state index in [1.54, 1.807) is 6.07 Å². The summed E-state index contributed by atoms with van der Waals surface area (Å²) >= 11 is 11.6. The number of carbonyl (C=O) groups excluding carboxylic acids is 1. The third-order valence-electron chi connectivity index (χ3n) is 3.71.